The van der Waals surface area contributed by atoms with E-state index in [0.29, 0.717) is 19.4 Å². The lowest BCUT2D eigenvalue weighted by Gasteiger charge is -2.36. The molecule has 2 fully saturated rings. The van der Waals surface area contributed by atoms with Crippen LogP contribution >= 0.6 is 0 Å². The number of urea groups is 1. The molecule has 2 N–H and O–H groups in total. The fourth-order valence-corrected chi connectivity index (χ4v) is 3.63. The number of rotatable bonds is 3. The monoisotopic (exact) mass is 342 g/mol. The molecule has 6 heteroatoms. The zero-order valence-electron chi connectivity index (χ0n) is 14.8. The Balaban J connectivity index is 1.68. The van der Waals surface area contributed by atoms with Crippen molar-refractivity contribution in [3.05, 3.63) is 35.4 Å². The molecule has 3 rings (SSSR count). The van der Waals surface area contributed by atoms with Crippen LogP contribution in [0.4, 0.5) is 4.79 Å². The number of carbonyl (C=O) groups is 2. The molecule has 1 atom stereocenters. The van der Waals surface area contributed by atoms with Gasteiger partial charge in [0.1, 0.15) is 11.9 Å². The number of piperidine rings is 1. The highest BCUT2D eigenvalue weighted by Crippen LogP contribution is 2.22. The number of likely N-dealkylation sites (tertiary alicyclic amines) is 2. The van der Waals surface area contributed by atoms with Gasteiger partial charge >= 0.3 is 6.03 Å². The first-order valence-electron chi connectivity index (χ1n) is 9.05. The first kappa shape index (κ1) is 17.5. The van der Waals surface area contributed by atoms with Gasteiger partial charge in [-0.2, -0.15) is 0 Å². The van der Waals surface area contributed by atoms with Crippen molar-refractivity contribution in [2.45, 2.75) is 51.6 Å². The Bertz CT molecular complexity index is 667. The van der Waals surface area contributed by atoms with E-state index in [9.17, 15) is 9.59 Å². The van der Waals surface area contributed by atoms with Crippen molar-refractivity contribution in [1.82, 2.24) is 15.1 Å². The molecule has 0 radical (unpaired) electrons. The second kappa shape index (κ2) is 7.68. The Morgan fingerprint density at radius 1 is 1.24 bits per heavy atom. The van der Waals surface area contributed by atoms with Crippen molar-refractivity contribution in [1.29, 1.82) is 5.41 Å². The number of nitrogens with zero attached hydrogens (tertiary/aromatic N) is 2. The largest absolute Gasteiger partial charge is 0.341 e. The fourth-order valence-electron chi connectivity index (χ4n) is 3.63. The van der Waals surface area contributed by atoms with Crippen LogP contribution in [0, 0.1) is 12.3 Å². The number of carbonyl (C=O) groups excluding carboxylic acids is 2. The SMILES string of the molecule is Cc1cccc(CNC(=O)N2C(=N)CCCC2C(=O)N2CCCC2)c1. The van der Waals surface area contributed by atoms with Gasteiger partial charge in [-0.05, 0) is 38.2 Å². The molecular formula is C19H26N4O2. The average molecular weight is 342 g/mol. The van der Waals surface area contributed by atoms with Gasteiger partial charge in [-0.25, -0.2) is 4.79 Å². The molecule has 1 unspecified atom stereocenters. The van der Waals surface area contributed by atoms with Crippen LogP contribution < -0.4 is 5.32 Å². The first-order chi connectivity index (χ1) is 12.1. The van der Waals surface area contributed by atoms with Gasteiger partial charge in [-0.15, -0.1) is 0 Å². The Hall–Kier alpha value is -2.37. The second-order valence-electron chi connectivity index (χ2n) is 6.90. The Morgan fingerprint density at radius 3 is 2.72 bits per heavy atom. The lowest BCUT2D eigenvalue weighted by molar-refractivity contribution is -0.134. The molecular weight excluding hydrogens is 316 g/mol. The standard InChI is InChI=1S/C19H26N4O2/c1-14-6-4-7-15(12-14)13-21-19(25)23-16(8-5-9-17(23)20)18(24)22-10-2-3-11-22/h4,6-7,12,16,20H,2-3,5,8-11,13H2,1H3,(H,21,25). The van der Waals surface area contributed by atoms with E-state index in [0.717, 1.165) is 43.5 Å². The molecule has 3 amide bonds. The Morgan fingerprint density at radius 2 is 2.00 bits per heavy atom. The van der Waals surface area contributed by atoms with E-state index in [-0.39, 0.29) is 17.8 Å². The third kappa shape index (κ3) is 4.00. The van der Waals surface area contributed by atoms with Crippen LogP contribution in [0.3, 0.4) is 0 Å². The smallest absolute Gasteiger partial charge is 0.323 e. The van der Waals surface area contributed by atoms with Gasteiger partial charge in [0.25, 0.3) is 0 Å². The molecule has 2 aliphatic heterocycles. The summed E-state index contributed by atoms with van der Waals surface area (Å²) in [4.78, 5) is 28.7. The minimum Gasteiger partial charge on any atom is -0.341 e. The summed E-state index contributed by atoms with van der Waals surface area (Å²) < 4.78 is 0. The van der Waals surface area contributed by atoms with Gasteiger partial charge in [0.05, 0.1) is 0 Å². The second-order valence-corrected chi connectivity index (χ2v) is 6.90. The van der Waals surface area contributed by atoms with Crippen molar-refractivity contribution in [3.63, 3.8) is 0 Å². The van der Waals surface area contributed by atoms with Crippen molar-refractivity contribution in [2.24, 2.45) is 0 Å². The Labute approximate surface area is 148 Å². The molecule has 0 saturated carbocycles. The highest BCUT2D eigenvalue weighted by molar-refractivity contribution is 6.01. The summed E-state index contributed by atoms with van der Waals surface area (Å²) in [5, 5.41) is 11.1. The summed E-state index contributed by atoms with van der Waals surface area (Å²) in [6.07, 6.45) is 4.01. The Kier molecular flexibility index (Phi) is 5.36. The molecule has 1 aromatic rings. The number of nitrogens with one attached hydrogen (secondary N) is 2. The van der Waals surface area contributed by atoms with Crippen LogP contribution in [0.25, 0.3) is 0 Å². The summed E-state index contributed by atoms with van der Waals surface area (Å²) in [7, 11) is 0. The van der Waals surface area contributed by atoms with Gasteiger partial charge in [0, 0.05) is 26.1 Å². The van der Waals surface area contributed by atoms with Gasteiger partial charge in [0.2, 0.25) is 5.91 Å². The van der Waals surface area contributed by atoms with E-state index in [1.807, 2.05) is 36.1 Å². The van der Waals surface area contributed by atoms with E-state index >= 15 is 0 Å². The fraction of sp³-hybridized carbons (Fsp3) is 0.526. The summed E-state index contributed by atoms with van der Waals surface area (Å²) >= 11 is 0. The molecule has 0 bridgehead atoms. The minimum absolute atomic E-state index is 0.00680. The van der Waals surface area contributed by atoms with Crippen LogP contribution in [-0.4, -0.2) is 46.7 Å². The highest BCUT2D eigenvalue weighted by atomic mass is 16.2. The number of hydrogen-bond donors (Lipinski definition) is 2. The number of amidine groups is 1. The molecule has 134 valence electrons. The predicted molar refractivity (Wildman–Crippen MR) is 96.4 cm³/mol. The lowest BCUT2D eigenvalue weighted by Crippen LogP contribution is -2.57. The molecule has 2 aliphatic rings. The number of amides is 3. The predicted octanol–water partition coefficient (Wildman–Crippen LogP) is 2.66. The quantitative estimate of drug-likeness (QED) is 0.886. The maximum Gasteiger partial charge on any atom is 0.323 e. The van der Waals surface area contributed by atoms with E-state index in [2.05, 4.69) is 5.32 Å². The topological polar surface area (TPSA) is 76.5 Å². The first-order valence-corrected chi connectivity index (χ1v) is 9.05. The molecule has 6 nitrogen and oxygen atoms in total. The molecule has 0 aliphatic carbocycles. The number of aryl methyl sites for hydroxylation is 1. The summed E-state index contributed by atoms with van der Waals surface area (Å²) in [6, 6.07) is 7.08. The zero-order valence-corrected chi connectivity index (χ0v) is 14.8. The van der Waals surface area contributed by atoms with Crippen molar-refractivity contribution in [2.75, 3.05) is 13.1 Å². The number of benzene rings is 1. The van der Waals surface area contributed by atoms with Gasteiger partial charge in [-0.1, -0.05) is 29.8 Å². The van der Waals surface area contributed by atoms with Crippen LogP contribution in [0.15, 0.2) is 24.3 Å². The van der Waals surface area contributed by atoms with Crippen molar-refractivity contribution >= 4 is 17.8 Å². The summed E-state index contributed by atoms with van der Waals surface area (Å²) in [5.74, 6) is 0.234. The van der Waals surface area contributed by atoms with E-state index in [1.54, 1.807) is 0 Å². The van der Waals surface area contributed by atoms with Crippen LogP contribution in [0.1, 0.15) is 43.2 Å². The molecule has 25 heavy (non-hydrogen) atoms. The minimum atomic E-state index is -0.531. The van der Waals surface area contributed by atoms with Gasteiger partial charge in [-0.3, -0.25) is 15.1 Å². The molecule has 0 spiro atoms. The molecule has 0 aromatic heterocycles. The highest BCUT2D eigenvalue weighted by Gasteiger charge is 2.38. The average Bonchev–Trinajstić information content (AvgIpc) is 3.13. The maximum absolute atomic E-state index is 12.8. The zero-order chi connectivity index (χ0) is 17.8. The van der Waals surface area contributed by atoms with E-state index < -0.39 is 6.04 Å². The summed E-state index contributed by atoms with van der Waals surface area (Å²) in [5.41, 5.74) is 2.15. The van der Waals surface area contributed by atoms with Crippen molar-refractivity contribution < 1.29 is 9.59 Å². The van der Waals surface area contributed by atoms with E-state index in [1.165, 1.54) is 4.90 Å². The normalized spacial score (nSPS) is 20.7. The van der Waals surface area contributed by atoms with Crippen LogP contribution in [-0.2, 0) is 11.3 Å². The van der Waals surface area contributed by atoms with Crippen LogP contribution in [0.2, 0.25) is 0 Å². The molecule has 2 saturated heterocycles. The van der Waals surface area contributed by atoms with Crippen LogP contribution in [0.5, 0.6) is 0 Å². The molecule has 2 heterocycles. The van der Waals surface area contributed by atoms with E-state index in [4.69, 9.17) is 5.41 Å². The maximum atomic E-state index is 12.8. The third-order valence-electron chi connectivity index (χ3n) is 4.94. The third-order valence-corrected chi connectivity index (χ3v) is 4.94. The lowest BCUT2D eigenvalue weighted by atomic mass is 10.0. The van der Waals surface area contributed by atoms with Crippen molar-refractivity contribution in [3.8, 4) is 0 Å². The summed E-state index contributed by atoms with van der Waals surface area (Å²) in [6.45, 7) is 3.94. The van der Waals surface area contributed by atoms with Gasteiger partial charge < -0.3 is 10.2 Å². The number of hydrogen-bond acceptors (Lipinski definition) is 3. The molecule has 1 aromatic carbocycles. The van der Waals surface area contributed by atoms with Gasteiger partial charge in [0.15, 0.2) is 0 Å².